The number of benzene rings is 1. The second-order valence-corrected chi connectivity index (χ2v) is 3.72. The summed E-state index contributed by atoms with van der Waals surface area (Å²) in [6.45, 7) is 0. The van der Waals surface area contributed by atoms with Gasteiger partial charge in [0.2, 0.25) is 0 Å². The Kier molecular flexibility index (Phi) is 3.58. The van der Waals surface area contributed by atoms with Crippen molar-refractivity contribution in [3.63, 3.8) is 0 Å². The van der Waals surface area contributed by atoms with Crippen LogP contribution in [0.2, 0.25) is 0 Å². The minimum absolute atomic E-state index is 0.544. The minimum Gasteiger partial charge on any atom is -0.497 e. The van der Waals surface area contributed by atoms with E-state index in [9.17, 15) is 0 Å². The lowest BCUT2D eigenvalue weighted by atomic mass is 10.1. The van der Waals surface area contributed by atoms with Crippen LogP contribution in [0.1, 0.15) is 5.69 Å². The molecule has 0 aliphatic heterocycles. The fourth-order valence-corrected chi connectivity index (χ4v) is 1.66. The molecule has 0 spiro atoms. The number of hydrogen-bond acceptors (Lipinski definition) is 5. The number of methoxy groups -OCH3 is 2. The van der Waals surface area contributed by atoms with Crippen LogP contribution in [0.25, 0.3) is 11.3 Å². The van der Waals surface area contributed by atoms with Gasteiger partial charge in [0.1, 0.15) is 11.5 Å². The van der Waals surface area contributed by atoms with E-state index < -0.39 is 0 Å². The van der Waals surface area contributed by atoms with Crippen molar-refractivity contribution in [3.8, 4) is 22.8 Å². The molecule has 2 aromatic rings. The topological polar surface area (TPSA) is 44.5 Å². The Balaban J connectivity index is 2.43. The smallest absolute Gasteiger partial charge is 0.170 e. The molecule has 2 rings (SSSR count). The van der Waals surface area contributed by atoms with E-state index in [0.717, 1.165) is 17.0 Å². The van der Waals surface area contributed by atoms with Crippen molar-refractivity contribution in [3.05, 3.63) is 30.0 Å². The third-order valence-electron chi connectivity index (χ3n) is 2.40. The average molecular weight is 251 g/mol. The van der Waals surface area contributed by atoms with Crippen LogP contribution in [0.4, 0.5) is 0 Å². The van der Waals surface area contributed by atoms with E-state index in [0.29, 0.717) is 17.3 Å². The molecule has 0 aliphatic rings. The molecular formula is C12H13NO3S. The van der Waals surface area contributed by atoms with Gasteiger partial charge < -0.3 is 14.0 Å². The van der Waals surface area contributed by atoms with Gasteiger partial charge in [-0.25, -0.2) is 0 Å². The standard InChI is InChI=1S/C12H13NO3S/c1-14-9-3-4-10(11(6-9)15-2)12-5-8(7-17)13-16-12/h3-6,17H,7H2,1-2H3. The summed E-state index contributed by atoms with van der Waals surface area (Å²) in [6, 6.07) is 7.37. The molecule has 0 aliphatic carbocycles. The summed E-state index contributed by atoms with van der Waals surface area (Å²) < 4.78 is 15.7. The molecule has 5 heteroatoms. The van der Waals surface area contributed by atoms with E-state index >= 15 is 0 Å². The number of thiol groups is 1. The van der Waals surface area contributed by atoms with Gasteiger partial charge in [0, 0.05) is 17.9 Å². The third kappa shape index (κ3) is 2.39. The SMILES string of the molecule is COc1ccc(-c2cc(CS)no2)c(OC)c1. The highest BCUT2D eigenvalue weighted by molar-refractivity contribution is 7.79. The van der Waals surface area contributed by atoms with Crippen LogP contribution in [-0.4, -0.2) is 19.4 Å². The molecule has 0 amide bonds. The summed E-state index contributed by atoms with van der Waals surface area (Å²) in [5, 5.41) is 3.89. The van der Waals surface area contributed by atoms with E-state index in [1.54, 1.807) is 20.3 Å². The maximum atomic E-state index is 5.30. The third-order valence-corrected chi connectivity index (χ3v) is 2.72. The Bertz CT molecular complexity index is 510. The summed E-state index contributed by atoms with van der Waals surface area (Å²) in [4.78, 5) is 0. The summed E-state index contributed by atoms with van der Waals surface area (Å²) in [6.07, 6.45) is 0. The molecule has 1 aromatic carbocycles. The second kappa shape index (κ2) is 5.14. The van der Waals surface area contributed by atoms with E-state index in [4.69, 9.17) is 14.0 Å². The zero-order valence-electron chi connectivity index (χ0n) is 9.64. The Morgan fingerprint density at radius 2 is 2.06 bits per heavy atom. The van der Waals surface area contributed by atoms with E-state index in [1.807, 2.05) is 18.2 Å². The van der Waals surface area contributed by atoms with Gasteiger partial charge in [0.15, 0.2) is 5.76 Å². The van der Waals surface area contributed by atoms with Gasteiger partial charge in [-0.1, -0.05) is 5.16 Å². The monoisotopic (exact) mass is 251 g/mol. The highest BCUT2D eigenvalue weighted by Gasteiger charge is 2.12. The molecule has 0 atom stereocenters. The summed E-state index contributed by atoms with van der Waals surface area (Å²) in [7, 11) is 3.22. The van der Waals surface area contributed by atoms with Crippen LogP contribution in [0.5, 0.6) is 11.5 Å². The van der Waals surface area contributed by atoms with Crippen LogP contribution < -0.4 is 9.47 Å². The van der Waals surface area contributed by atoms with Gasteiger partial charge in [-0.3, -0.25) is 0 Å². The zero-order valence-corrected chi connectivity index (χ0v) is 10.5. The Morgan fingerprint density at radius 3 is 2.65 bits per heavy atom. The van der Waals surface area contributed by atoms with Crippen molar-refractivity contribution in [2.75, 3.05) is 14.2 Å². The highest BCUT2D eigenvalue weighted by Crippen LogP contribution is 2.33. The van der Waals surface area contributed by atoms with Crippen molar-refractivity contribution >= 4 is 12.6 Å². The fourth-order valence-electron chi connectivity index (χ4n) is 1.52. The van der Waals surface area contributed by atoms with E-state index in [-0.39, 0.29) is 0 Å². The second-order valence-electron chi connectivity index (χ2n) is 3.41. The predicted octanol–water partition coefficient (Wildman–Crippen LogP) is 2.79. The lowest BCUT2D eigenvalue weighted by Crippen LogP contribution is -1.89. The molecule has 4 nitrogen and oxygen atoms in total. The quantitative estimate of drug-likeness (QED) is 0.849. The molecule has 0 N–H and O–H groups in total. The lowest BCUT2D eigenvalue weighted by Gasteiger charge is -2.07. The van der Waals surface area contributed by atoms with Gasteiger partial charge in [-0.05, 0) is 12.1 Å². The number of hydrogen-bond donors (Lipinski definition) is 1. The van der Waals surface area contributed by atoms with Crippen LogP contribution in [0.3, 0.4) is 0 Å². The van der Waals surface area contributed by atoms with Gasteiger partial charge in [0.05, 0.1) is 25.5 Å². The van der Waals surface area contributed by atoms with Gasteiger partial charge in [0.25, 0.3) is 0 Å². The van der Waals surface area contributed by atoms with Crippen LogP contribution in [0, 0.1) is 0 Å². The predicted molar refractivity (Wildman–Crippen MR) is 67.7 cm³/mol. The maximum absolute atomic E-state index is 5.30. The molecule has 0 bridgehead atoms. The molecule has 0 radical (unpaired) electrons. The van der Waals surface area contributed by atoms with Crippen molar-refractivity contribution in [1.29, 1.82) is 0 Å². The molecule has 17 heavy (non-hydrogen) atoms. The average Bonchev–Trinajstić information content (AvgIpc) is 2.86. The van der Waals surface area contributed by atoms with Crippen molar-refractivity contribution < 1.29 is 14.0 Å². The van der Waals surface area contributed by atoms with Gasteiger partial charge in [-0.2, -0.15) is 12.6 Å². The van der Waals surface area contributed by atoms with E-state index in [1.165, 1.54) is 0 Å². The summed E-state index contributed by atoms with van der Waals surface area (Å²) >= 11 is 4.14. The number of nitrogens with zero attached hydrogens (tertiary/aromatic N) is 1. The van der Waals surface area contributed by atoms with E-state index in [2.05, 4.69) is 17.8 Å². The first kappa shape index (κ1) is 11.9. The molecule has 1 aromatic heterocycles. The van der Waals surface area contributed by atoms with Crippen molar-refractivity contribution in [1.82, 2.24) is 5.16 Å². The molecule has 0 saturated carbocycles. The molecule has 0 fully saturated rings. The van der Waals surface area contributed by atoms with Crippen LogP contribution >= 0.6 is 12.6 Å². The molecule has 0 saturated heterocycles. The Hall–Kier alpha value is -1.62. The zero-order chi connectivity index (χ0) is 12.3. The Labute approximate surface area is 105 Å². The first-order valence-electron chi connectivity index (χ1n) is 5.07. The number of ether oxygens (including phenoxy) is 2. The van der Waals surface area contributed by atoms with Crippen LogP contribution in [0.15, 0.2) is 28.8 Å². The van der Waals surface area contributed by atoms with Crippen molar-refractivity contribution in [2.45, 2.75) is 5.75 Å². The summed E-state index contributed by atoms with van der Waals surface area (Å²) in [5.74, 6) is 2.63. The Morgan fingerprint density at radius 1 is 1.24 bits per heavy atom. The van der Waals surface area contributed by atoms with Gasteiger partial charge in [-0.15, -0.1) is 0 Å². The normalized spacial score (nSPS) is 10.3. The molecule has 90 valence electrons. The molecule has 1 heterocycles. The number of rotatable bonds is 4. The largest absolute Gasteiger partial charge is 0.497 e. The van der Waals surface area contributed by atoms with Gasteiger partial charge >= 0.3 is 0 Å². The molecule has 0 unspecified atom stereocenters. The highest BCUT2D eigenvalue weighted by atomic mass is 32.1. The van der Waals surface area contributed by atoms with Crippen LogP contribution in [-0.2, 0) is 5.75 Å². The van der Waals surface area contributed by atoms with Crippen molar-refractivity contribution in [2.24, 2.45) is 0 Å². The fraction of sp³-hybridized carbons (Fsp3) is 0.250. The minimum atomic E-state index is 0.544. The molecular weight excluding hydrogens is 238 g/mol. The number of aromatic nitrogens is 1. The first-order valence-corrected chi connectivity index (χ1v) is 5.70. The first-order chi connectivity index (χ1) is 8.28. The summed E-state index contributed by atoms with van der Waals surface area (Å²) in [5.41, 5.74) is 1.63. The maximum Gasteiger partial charge on any atom is 0.170 e. The lowest BCUT2D eigenvalue weighted by molar-refractivity contribution is 0.390.